The van der Waals surface area contributed by atoms with Crippen LogP contribution in [0.5, 0.6) is 0 Å². The van der Waals surface area contributed by atoms with Crippen molar-refractivity contribution in [3.05, 3.63) is 0 Å². The fraction of sp³-hybridized carbons (Fsp3) is 0.867. The van der Waals surface area contributed by atoms with Gasteiger partial charge in [-0.05, 0) is 57.9 Å². The van der Waals surface area contributed by atoms with Gasteiger partial charge in [-0.15, -0.1) is 0 Å². The predicted octanol–water partition coefficient (Wildman–Crippen LogP) is 1.37. The van der Waals surface area contributed by atoms with Gasteiger partial charge in [0.2, 0.25) is 5.91 Å². The van der Waals surface area contributed by atoms with Crippen molar-refractivity contribution in [2.45, 2.75) is 69.5 Å². The lowest BCUT2D eigenvalue weighted by atomic mass is 9.86. The zero-order chi connectivity index (χ0) is 14.3. The third-order valence-corrected chi connectivity index (χ3v) is 5.37. The van der Waals surface area contributed by atoms with Crippen LogP contribution in [0.3, 0.4) is 0 Å². The monoisotopic (exact) mass is 280 g/mol. The Morgan fingerprint density at radius 2 is 1.95 bits per heavy atom. The fourth-order valence-electron chi connectivity index (χ4n) is 4.40. The first-order valence-electron chi connectivity index (χ1n) is 7.79. The fourth-order valence-corrected chi connectivity index (χ4v) is 4.40. The number of hydrogen-bond donors (Lipinski definition) is 2. The number of piperidine rings is 1. The Kier molecular flexibility index (Phi) is 3.48. The summed E-state index contributed by atoms with van der Waals surface area (Å²) in [6.07, 6.45) is 6.05. The number of aliphatic carboxylic acids is 1. The van der Waals surface area contributed by atoms with Crippen molar-refractivity contribution >= 4 is 11.9 Å². The molecule has 20 heavy (non-hydrogen) atoms. The number of carbonyl (C=O) groups excluding carboxylic acids is 1. The van der Waals surface area contributed by atoms with Gasteiger partial charge in [0.05, 0.1) is 5.54 Å². The Balaban J connectivity index is 1.70. The van der Waals surface area contributed by atoms with Gasteiger partial charge in [-0.25, -0.2) is 0 Å². The Bertz CT molecular complexity index is 403. The van der Waals surface area contributed by atoms with E-state index in [1.807, 2.05) is 6.92 Å². The first-order valence-corrected chi connectivity index (χ1v) is 7.79. The molecule has 0 aromatic heterocycles. The van der Waals surface area contributed by atoms with E-state index in [1.54, 1.807) is 0 Å². The van der Waals surface area contributed by atoms with Crippen LogP contribution in [0.4, 0.5) is 0 Å². The first kappa shape index (κ1) is 13.9. The maximum atomic E-state index is 12.9. The summed E-state index contributed by atoms with van der Waals surface area (Å²) < 4.78 is 0. The van der Waals surface area contributed by atoms with Gasteiger partial charge in [0.25, 0.3) is 0 Å². The lowest BCUT2D eigenvalue weighted by Crippen LogP contribution is -2.58. The van der Waals surface area contributed by atoms with E-state index >= 15 is 0 Å². The Morgan fingerprint density at radius 3 is 2.45 bits per heavy atom. The molecule has 0 aromatic rings. The van der Waals surface area contributed by atoms with Crippen LogP contribution in [0.1, 0.15) is 51.9 Å². The summed E-state index contributed by atoms with van der Waals surface area (Å²) in [7, 11) is 0. The van der Waals surface area contributed by atoms with E-state index in [0.29, 0.717) is 0 Å². The van der Waals surface area contributed by atoms with Crippen LogP contribution in [0.25, 0.3) is 0 Å². The lowest BCUT2D eigenvalue weighted by Gasteiger charge is -2.42. The lowest BCUT2D eigenvalue weighted by molar-refractivity contribution is -0.143. The Morgan fingerprint density at radius 1 is 1.30 bits per heavy atom. The van der Waals surface area contributed by atoms with Gasteiger partial charge in [-0.1, -0.05) is 0 Å². The van der Waals surface area contributed by atoms with E-state index in [9.17, 15) is 9.59 Å². The van der Waals surface area contributed by atoms with Crippen molar-refractivity contribution < 1.29 is 14.7 Å². The van der Waals surface area contributed by atoms with Gasteiger partial charge in [0, 0.05) is 18.5 Å². The second-order valence-electron chi connectivity index (χ2n) is 6.90. The second kappa shape index (κ2) is 5.02. The molecule has 3 heterocycles. The molecule has 0 aromatic carbocycles. The van der Waals surface area contributed by atoms with Crippen molar-refractivity contribution in [3.63, 3.8) is 0 Å². The number of carboxylic acids is 1. The summed E-state index contributed by atoms with van der Waals surface area (Å²) in [6, 6.07) is 0.537. The number of hydrogen-bond acceptors (Lipinski definition) is 3. The maximum Gasteiger partial charge on any atom is 0.303 e. The van der Waals surface area contributed by atoms with Crippen LogP contribution >= 0.6 is 0 Å². The highest BCUT2D eigenvalue weighted by Gasteiger charge is 2.49. The first-order chi connectivity index (χ1) is 9.49. The molecule has 112 valence electrons. The van der Waals surface area contributed by atoms with Crippen LogP contribution < -0.4 is 5.32 Å². The van der Waals surface area contributed by atoms with Gasteiger partial charge < -0.3 is 15.3 Å². The average molecular weight is 280 g/mol. The van der Waals surface area contributed by atoms with Crippen LogP contribution in [-0.2, 0) is 9.59 Å². The quantitative estimate of drug-likeness (QED) is 0.819. The summed E-state index contributed by atoms with van der Waals surface area (Å²) >= 11 is 0. The molecule has 3 rings (SSSR count). The van der Waals surface area contributed by atoms with Crippen LogP contribution in [0.15, 0.2) is 0 Å². The molecule has 5 nitrogen and oxygen atoms in total. The van der Waals surface area contributed by atoms with Crippen molar-refractivity contribution in [1.29, 1.82) is 0 Å². The van der Waals surface area contributed by atoms with E-state index in [2.05, 4.69) is 10.2 Å². The van der Waals surface area contributed by atoms with Gasteiger partial charge in [0.1, 0.15) is 0 Å². The Hall–Kier alpha value is -1.10. The smallest absolute Gasteiger partial charge is 0.303 e. The van der Waals surface area contributed by atoms with E-state index in [4.69, 9.17) is 5.11 Å². The Labute approximate surface area is 119 Å². The minimum absolute atomic E-state index is 0.247. The number of nitrogens with zero attached hydrogens (tertiary/aromatic N) is 1. The molecule has 0 saturated carbocycles. The van der Waals surface area contributed by atoms with Crippen molar-refractivity contribution in [1.82, 2.24) is 10.2 Å². The van der Waals surface area contributed by atoms with E-state index < -0.39 is 5.97 Å². The zero-order valence-corrected chi connectivity index (χ0v) is 12.1. The highest BCUT2D eigenvalue weighted by molar-refractivity contribution is 5.87. The minimum atomic E-state index is -0.710. The van der Waals surface area contributed by atoms with Crippen molar-refractivity contribution in [3.8, 4) is 0 Å². The molecule has 0 aliphatic carbocycles. The van der Waals surface area contributed by atoms with Crippen molar-refractivity contribution in [2.24, 2.45) is 5.92 Å². The highest BCUT2D eigenvalue weighted by Crippen LogP contribution is 2.41. The SMILES string of the molecule is CC1(C(=O)N2C3CCC2CC(CC(=O)O)C3)CCCN1. The summed E-state index contributed by atoms with van der Waals surface area (Å²) in [4.78, 5) is 25.8. The molecular weight excluding hydrogens is 256 g/mol. The van der Waals surface area contributed by atoms with Crippen LogP contribution in [-0.4, -0.2) is 46.1 Å². The molecule has 3 saturated heterocycles. The van der Waals surface area contributed by atoms with E-state index in [1.165, 1.54) is 0 Å². The number of nitrogens with one attached hydrogen (secondary N) is 1. The molecule has 2 bridgehead atoms. The molecule has 0 radical (unpaired) electrons. The van der Waals surface area contributed by atoms with Crippen LogP contribution in [0.2, 0.25) is 0 Å². The third kappa shape index (κ3) is 2.32. The predicted molar refractivity (Wildman–Crippen MR) is 74.3 cm³/mol. The highest BCUT2D eigenvalue weighted by atomic mass is 16.4. The van der Waals surface area contributed by atoms with E-state index in [0.717, 1.165) is 45.1 Å². The number of fused-ring (bicyclic) bond motifs is 2. The summed E-state index contributed by atoms with van der Waals surface area (Å²) in [5.74, 6) is -0.215. The maximum absolute atomic E-state index is 12.9. The largest absolute Gasteiger partial charge is 0.481 e. The number of amides is 1. The second-order valence-corrected chi connectivity index (χ2v) is 6.90. The molecule has 3 unspecified atom stereocenters. The van der Waals surface area contributed by atoms with E-state index in [-0.39, 0.29) is 35.9 Å². The molecule has 0 spiro atoms. The molecule has 3 fully saturated rings. The molecule has 3 atom stereocenters. The van der Waals surface area contributed by atoms with Crippen molar-refractivity contribution in [2.75, 3.05) is 6.54 Å². The standard InChI is InChI=1S/C15H24N2O3/c1-15(5-2-6-16-15)14(20)17-11-3-4-12(17)8-10(7-11)9-13(18)19/h10-12,16H,2-9H2,1H3,(H,18,19). The molecule has 1 amide bonds. The number of carbonyl (C=O) groups is 2. The van der Waals surface area contributed by atoms with Gasteiger partial charge >= 0.3 is 5.97 Å². The number of carboxylic acid groups (broad SMARTS) is 1. The molecule has 3 aliphatic rings. The van der Waals surface area contributed by atoms with Gasteiger partial charge in [0.15, 0.2) is 0 Å². The zero-order valence-electron chi connectivity index (χ0n) is 12.1. The summed E-state index contributed by atoms with van der Waals surface area (Å²) in [6.45, 7) is 2.94. The molecule has 5 heteroatoms. The number of rotatable bonds is 3. The normalized spacial score (nSPS) is 40.0. The minimum Gasteiger partial charge on any atom is -0.481 e. The van der Waals surface area contributed by atoms with Crippen LogP contribution in [0, 0.1) is 5.92 Å². The molecule has 2 N–H and O–H groups in total. The summed E-state index contributed by atoms with van der Waals surface area (Å²) in [5, 5.41) is 12.3. The topological polar surface area (TPSA) is 69.6 Å². The molecular formula is C15H24N2O3. The third-order valence-electron chi connectivity index (χ3n) is 5.37. The van der Waals surface area contributed by atoms with Gasteiger partial charge in [-0.2, -0.15) is 0 Å². The summed E-state index contributed by atoms with van der Waals surface area (Å²) in [5.41, 5.74) is -0.388. The van der Waals surface area contributed by atoms with Gasteiger partial charge in [-0.3, -0.25) is 9.59 Å². The molecule has 3 aliphatic heterocycles. The average Bonchev–Trinajstić information content (AvgIpc) is 2.92.